The lowest BCUT2D eigenvalue weighted by atomic mass is 10.3. The van der Waals surface area contributed by atoms with Gasteiger partial charge in [0.15, 0.2) is 5.96 Å². The smallest absolute Gasteiger partial charge is 0.246 e. The number of carbonyl (C=O) groups is 1. The van der Waals surface area contributed by atoms with Crippen molar-refractivity contribution in [2.75, 3.05) is 32.0 Å². The summed E-state index contributed by atoms with van der Waals surface area (Å²) in [7, 11) is 1.96. The molecule has 0 atom stereocenters. The number of carbonyl (C=O) groups excluding carboxylic acids is 1. The monoisotopic (exact) mass is 303 g/mol. The Bertz CT molecular complexity index is 487. The average molecular weight is 303 g/mol. The first-order valence-electron chi connectivity index (χ1n) is 7.47. The fraction of sp³-hybridized carbons (Fsp3) is 0.438. The third-order valence-corrected chi connectivity index (χ3v) is 2.92. The number of nitrogens with zero attached hydrogens (tertiary/aromatic N) is 3. The van der Waals surface area contributed by atoms with E-state index in [1.807, 2.05) is 24.9 Å². The minimum Gasteiger partial charge on any atom is -0.357 e. The molecule has 1 heterocycles. The molecule has 0 aliphatic heterocycles. The number of guanidine groups is 1. The molecule has 2 N–H and O–H groups in total. The van der Waals surface area contributed by atoms with E-state index in [-0.39, 0.29) is 12.5 Å². The zero-order valence-electron chi connectivity index (χ0n) is 13.4. The number of aromatic nitrogens is 1. The highest BCUT2D eigenvalue weighted by Crippen LogP contribution is 2.02. The van der Waals surface area contributed by atoms with Gasteiger partial charge in [-0.2, -0.15) is 0 Å². The Hall–Kier alpha value is -2.37. The second-order valence-corrected chi connectivity index (χ2v) is 4.81. The highest BCUT2D eigenvalue weighted by atomic mass is 16.1. The topological polar surface area (TPSA) is 69.6 Å². The number of rotatable bonds is 8. The Morgan fingerprint density at radius 3 is 3.00 bits per heavy atom. The van der Waals surface area contributed by atoms with Crippen molar-refractivity contribution >= 4 is 17.6 Å². The normalized spacial score (nSPS) is 10.9. The lowest BCUT2D eigenvalue weighted by Gasteiger charge is -2.21. The van der Waals surface area contributed by atoms with Gasteiger partial charge < -0.3 is 15.5 Å². The molecule has 1 aromatic rings. The summed E-state index contributed by atoms with van der Waals surface area (Å²) in [6.45, 7) is 7.41. The summed E-state index contributed by atoms with van der Waals surface area (Å²) in [6.07, 6.45) is 7.14. The van der Waals surface area contributed by atoms with Crippen LogP contribution in [-0.4, -0.2) is 48.4 Å². The van der Waals surface area contributed by atoms with E-state index in [0.717, 1.165) is 31.9 Å². The number of pyridine rings is 1. The van der Waals surface area contributed by atoms with Crippen molar-refractivity contribution in [3.8, 4) is 0 Å². The number of unbranched alkanes of at least 4 members (excludes halogenated alkanes) is 1. The van der Waals surface area contributed by atoms with Gasteiger partial charge in [0, 0.05) is 26.3 Å². The van der Waals surface area contributed by atoms with Crippen LogP contribution >= 0.6 is 0 Å². The molecule has 0 aliphatic carbocycles. The van der Waals surface area contributed by atoms with Crippen molar-refractivity contribution in [2.45, 2.75) is 19.8 Å². The molecular formula is C16H25N5O. The Labute approximate surface area is 132 Å². The molecule has 0 saturated carbocycles. The second-order valence-electron chi connectivity index (χ2n) is 4.81. The number of allylic oxidation sites excluding steroid dienone is 1. The Morgan fingerprint density at radius 1 is 1.55 bits per heavy atom. The molecule has 1 rings (SSSR count). The Morgan fingerprint density at radius 2 is 2.36 bits per heavy atom. The van der Waals surface area contributed by atoms with Crippen LogP contribution in [0.4, 0.5) is 5.69 Å². The Kier molecular flexibility index (Phi) is 8.33. The molecule has 0 bridgehead atoms. The van der Waals surface area contributed by atoms with E-state index in [1.165, 1.54) is 0 Å². The second kappa shape index (κ2) is 10.4. The van der Waals surface area contributed by atoms with Crippen LogP contribution in [0.3, 0.4) is 0 Å². The maximum absolute atomic E-state index is 11.9. The molecule has 1 aromatic heterocycles. The number of hydrogen-bond donors (Lipinski definition) is 2. The van der Waals surface area contributed by atoms with Gasteiger partial charge in [0.25, 0.3) is 0 Å². The highest BCUT2D eigenvalue weighted by molar-refractivity contribution is 5.93. The molecule has 0 spiro atoms. The van der Waals surface area contributed by atoms with Crippen LogP contribution in [0.2, 0.25) is 0 Å². The molecule has 0 fully saturated rings. The van der Waals surface area contributed by atoms with Gasteiger partial charge in [0.2, 0.25) is 5.91 Å². The molecule has 0 aromatic carbocycles. The SMILES string of the molecule is C=CCCCN(C)C(=NCC(=O)Nc1cccnc1)NCC. The summed E-state index contributed by atoms with van der Waals surface area (Å²) in [5.41, 5.74) is 0.673. The van der Waals surface area contributed by atoms with Gasteiger partial charge in [-0.1, -0.05) is 6.08 Å². The fourth-order valence-corrected chi connectivity index (χ4v) is 1.83. The molecule has 22 heavy (non-hydrogen) atoms. The van der Waals surface area contributed by atoms with Crippen molar-refractivity contribution < 1.29 is 4.79 Å². The summed E-state index contributed by atoms with van der Waals surface area (Å²) in [5.74, 6) is 0.566. The van der Waals surface area contributed by atoms with Crippen molar-refractivity contribution in [1.82, 2.24) is 15.2 Å². The van der Waals surface area contributed by atoms with E-state index in [9.17, 15) is 4.79 Å². The zero-order valence-corrected chi connectivity index (χ0v) is 13.4. The van der Waals surface area contributed by atoms with Gasteiger partial charge in [0.1, 0.15) is 6.54 Å². The minimum absolute atomic E-state index is 0.0724. The van der Waals surface area contributed by atoms with Crippen molar-refractivity contribution in [1.29, 1.82) is 0 Å². The minimum atomic E-state index is -0.164. The van der Waals surface area contributed by atoms with Crippen LogP contribution in [0, 0.1) is 0 Å². The number of amides is 1. The Balaban J connectivity index is 2.53. The lowest BCUT2D eigenvalue weighted by Crippen LogP contribution is -2.40. The van der Waals surface area contributed by atoms with E-state index in [2.05, 4.69) is 27.2 Å². The number of hydrogen-bond acceptors (Lipinski definition) is 3. The zero-order chi connectivity index (χ0) is 16.2. The molecule has 120 valence electrons. The van der Waals surface area contributed by atoms with Crippen molar-refractivity contribution in [3.63, 3.8) is 0 Å². The molecule has 6 heteroatoms. The molecule has 0 saturated heterocycles. The first-order valence-corrected chi connectivity index (χ1v) is 7.47. The molecule has 6 nitrogen and oxygen atoms in total. The number of anilines is 1. The fourth-order valence-electron chi connectivity index (χ4n) is 1.83. The van der Waals surface area contributed by atoms with Crippen LogP contribution < -0.4 is 10.6 Å². The standard InChI is InChI=1S/C16H25N5O/c1-4-6-7-11-21(3)16(18-5-2)19-13-15(22)20-14-9-8-10-17-12-14/h4,8-10,12H,1,5-7,11,13H2,2-3H3,(H,18,19)(H,20,22). The highest BCUT2D eigenvalue weighted by Gasteiger charge is 2.07. The largest absolute Gasteiger partial charge is 0.357 e. The molecular weight excluding hydrogens is 278 g/mol. The molecule has 0 unspecified atom stereocenters. The predicted molar refractivity (Wildman–Crippen MR) is 90.9 cm³/mol. The van der Waals surface area contributed by atoms with E-state index >= 15 is 0 Å². The maximum atomic E-state index is 11.9. The number of nitrogens with one attached hydrogen (secondary N) is 2. The van der Waals surface area contributed by atoms with E-state index in [1.54, 1.807) is 24.5 Å². The average Bonchev–Trinajstić information content (AvgIpc) is 2.52. The van der Waals surface area contributed by atoms with Crippen molar-refractivity contribution in [2.24, 2.45) is 4.99 Å². The summed E-state index contributed by atoms with van der Waals surface area (Å²) in [6, 6.07) is 3.57. The number of aliphatic imine (C=N–C) groups is 1. The van der Waals surface area contributed by atoms with E-state index < -0.39 is 0 Å². The first kappa shape index (κ1) is 17.7. The summed E-state index contributed by atoms with van der Waals surface area (Å²) in [5, 5.41) is 5.95. The van der Waals surface area contributed by atoms with Crippen LogP contribution in [0.1, 0.15) is 19.8 Å². The van der Waals surface area contributed by atoms with Crippen molar-refractivity contribution in [3.05, 3.63) is 37.2 Å². The third kappa shape index (κ3) is 6.88. The molecule has 0 aliphatic rings. The predicted octanol–water partition coefficient (Wildman–Crippen LogP) is 1.88. The van der Waals surface area contributed by atoms with Gasteiger partial charge >= 0.3 is 0 Å². The summed E-state index contributed by atoms with van der Waals surface area (Å²) in [4.78, 5) is 22.2. The first-order chi connectivity index (χ1) is 10.7. The van der Waals surface area contributed by atoms with Gasteiger partial charge in [-0.3, -0.25) is 9.78 Å². The summed E-state index contributed by atoms with van der Waals surface area (Å²) >= 11 is 0. The lowest BCUT2D eigenvalue weighted by molar-refractivity contribution is -0.114. The van der Waals surface area contributed by atoms with Crippen LogP contribution in [0.15, 0.2) is 42.2 Å². The molecule has 1 amide bonds. The quantitative estimate of drug-likeness (QED) is 0.333. The van der Waals surface area contributed by atoms with Gasteiger partial charge in [-0.05, 0) is 31.9 Å². The molecule has 0 radical (unpaired) electrons. The van der Waals surface area contributed by atoms with Gasteiger partial charge in [-0.15, -0.1) is 6.58 Å². The van der Waals surface area contributed by atoms with E-state index in [0.29, 0.717) is 5.69 Å². The van der Waals surface area contributed by atoms with Crippen LogP contribution in [0.25, 0.3) is 0 Å². The van der Waals surface area contributed by atoms with Gasteiger partial charge in [-0.25, -0.2) is 4.99 Å². The van der Waals surface area contributed by atoms with E-state index in [4.69, 9.17) is 0 Å². The third-order valence-electron chi connectivity index (χ3n) is 2.92. The van der Waals surface area contributed by atoms with Crippen LogP contribution in [-0.2, 0) is 4.79 Å². The van der Waals surface area contributed by atoms with Gasteiger partial charge in [0.05, 0.1) is 11.9 Å². The maximum Gasteiger partial charge on any atom is 0.246 e. The van der Waals surface area contributed by atoms with Crippen LogP contribution in [0.5, 0.6) is 0 Å². The summed E-state index contributed by atoms with van der Waals surface area (Å²) < 4.78 is 0.